The summed E-state index contributed by atoms with van der Waals surface area (Å²) in [7, 11) is 1.20. The van der Waals surface area contributed by atoms with E-state index < -0.39 is 29.9 Å². The number of cyclic esters (lactones) is 1. The fourth-order valence-electron chi connectivity index (χ4n) is 2.07. The summed E-state index contributed by atoms with van der Waals surface area (Å²) in [4.78, 5) is 36.4. The number of rotatable bonds is 3. The highest BCUT2D eigenvalue weighted by Gasteiger charge is 2.42. The van der Waals surface area contributed by atoms with E-state index in [4.69, 9.17) is 4.74 Å². The quantitative estimate of drug-likeness (QED) is 0.618. The molecule has 0 radical (unpaired) electrons. The highest BCUT2D eigenvalue weighted by Crippen LogP contribution is 2.29. The van der Waals surface area contributed by atoms with Crippen molar-refractivity contribution in [1.29, 1.82) is 0 Å². The average molecular weight is 277 g/mol. The van der Waals surface area contributed by atoms with Gasteiger partial charge in [0.2, 0.25) is 5.91 Å². The number of methoxy groups -OCH3 is 1. The van der Waals surface area contributed by atoms with Gasteiger partial charge < -0.3 is 9.47 Å². The molecule has 6 heteroatoms. The van der Waals surface area contributed by atoms with Gasteiger partial charge in [0.15, 0.2) is 0 Å². The van der Waals surface area contributed by atoms with E-state index in [-0.39, 0.29) is 6.61 Å². The van der Waals surface area contributed by atoms with Crippen LogP contribution in [0, 0.1) is 5.92 Å². The van der Waals surface area contributed by atoms with Crippen LogP contribution in [0.15, 0.2) is 30.3 Å². The molecule has 0 bridgehead atoms. The van der Waals surface area contributed by atoms with Gasteiger partial charge in [-0.3, -0.25) is 9.59 Å². The minimum Gasteiger partial charge on any atom is -0.468 e. The summed E-state index contributed by atoms with van der Waals surface area (Å²) >= 11 is 0. The highest BCUT2D eigenvalue weighted by molar-refractivity contribution is 6.04. The summed E-state index contributed by atoms with van der Waals surface area (Å²) in [5.41, 5.74) is 0.781. The lowest BCUT2D eigenvalue weighted by Crippen LogP contribution is -2.40. The second-order valence-electron chi connectivity index (χ2n) is 4.46. The van der Waals surface area contributed by atoms with E-state index in [2.05, 4.69) is 4.74 Å². The van der Waals surface area contributed by atoms with Crippen LogP contribution in [-0.4, -0.2) is 36.6 Å². The number of carbonyl (C=O) groups excluding carboxylic acids is 3. The van der Waals surface area contributed by atoms with Gasteiger partial charge in [0.25, 0.3) is 0 Å². The number of amides is 2. The molecule has 1 heterocycles. The van der Waals surface area contributed by atoms with Crippen molar-refractivity contribution in [1.82, 2.24) is 4.90 Å². The number of imide groups is 1. The molecule has 0 spiro atoms. The number of nitrogens with zero attached hydrogens (tertiary/aromatic N) is 1. The predicted octanol–water partition coefficient (Wildman–Crippen LogP) is 1.52. The van der Waals surface area contributed by atoms with Gasteiger partial charge in [-0.1, -0.05) is 30.3 Å². The van der Waals surface area contributed by atoms with Gasteiger partial charge >= 0.3 is 12.1 Å². The van der Waals surface area contributed by atoms with Crippen LogP contribution in [-0.2, 0) is 19.1 Å². The third-order valence-corrected chi connectivity index (χ3v) is 3.22. The van der Waals surface area contributed by atoms with Crippen molar-refractivity contribution in [3.63, 3.8) is 0 Å². The molecule has 2 rings (SSSR count). The summed E-state index contributed by atoms with van der Waals surface area (Å²) in [5.74, 6) is -2.34. The van der Waals surface area contributed by atoms with E-state index in [1.807, 2.05) is 18.2 Å². The molecule has 0 aromatic heterocycles. The molecule has 1 saturated heterocycles. The first-order valence-corrected chi connectivity index (χ1v) is 6.19. The van der Waals surface area contributed by atoms with Gasteiger partial charge in [0.05, 0.1) is 7.11 Å². The number of benzene rings is 1. The van der Waals surface area contributed by atoms with Gasteiger partial charge in [0.1, 0.15) is 18.6 Å². The Hall–Kier alpha value is -2.37. The van der Waals surface area contributed by atoms with Crippen LogP contribution in [0.1, 0.15) is 18.5 Å². The fraction of sp³-hybridized carbons (Fsp3) is 0.357. The smallest absolute Gasteiger partial charge is 0.417 e. The van der Waals surface area contributed by atoms with Crippen molar-refractivity contribution >= 4 is 18.0 Å². The van der Waals surface area contributed by atoms with E-state index in [0.717, 1.165) is 10.5 Å². The third kappa shape index (κ3) is 2.49. The summed E-state index contributed by atoms with van der Waals surface area (Å²) in [6.07, 6.45) is -0.736. The lowest BCUT2D eigenvalue weighted by molar-refractivity contribution is -0.152. The second kappa shape index (κ2) is 5.73. The van der Waals surface area contributed by atoms with Crippen molar-refractivity contribution in [3.8, 4) is 0 Å². The predicted molar refractivity (Wildman–Crippen MR) is 68.6 cm³/mol. The lowest BCUT2D eigenvalue weighted by atomic mass is 10.0. The minimum atomic E-state index is -1.04. The summed E-state index contributed by atoms with van der Waals surface area (Å²) in [6.45, 7) is 1.49. The first kappa shape index (κ1) is 14.0. The molecule has 1 aliphatic heterocycles. The van der Waals surface area contributed by atoms with Crippen molar-refractivity contribution < 1.29 is 23.9 Å². The van der Waals surface area contributed by atoms with Crippen molar-refractivity contribution in [2.75, 3.05) is 13.7 Å². The monoisotopic (exact) mass is 277 g/mol. The van der Waals surface area contributed by atoms with Crippen LogP contribution in [0.3, 0.4) is 0 Å². The molecule has 20 heavy (non-hydrogen) atoms. The number of hydrogen-bond acceptors (Lipinski definition) is 5. The molecule has 0 N–H and O–H groups in total. The van der Waals surface area contributed by atoms with Crippen LogP contribution in [0.5, 0.6) is 0 Å². The first-order chi connectivity index (χ1) is 9.56. The average Bonchev–Trinajstić information content (AvgIpc) is 2.87. The summed E-state index contributed by atoms with van der Waals surface area (Å²) in [5, 5.41) is 0. The number of esters is 1. The molecule has 0 unspecified atom stereocenters. The van der Waals surface area contributed by atoms with E-state index in [1.54, 1.807) is 12.1 Å². The maximum Gasteiger partial charge on any atom is 0.417 e. The Balaban J connectivity index is 2.25. The van der Waals surface area contributed by atoms with Gasteiger partial charge in [0, 0.05) is 0 Å². The Kier molecular flexibility index (Phi) is 4.02. The van der Waals surface area contributed by atoms with E-state index in [9.17, 15) is 14.4 Å². The third-order valence-electron chi connectivity index (χ3n) is 3.22. The van der Waals surface area contributed by atoms with Gasteiger partial charge in [-0.05, 0) is 12.5 Å². The Morgan fingerprint density at radius 3 is 2.60 bits per heavy atom. The van der Waals surface area contributed by atoms with Crippen molar-refractivity contribution in [3.05, 3.63) is 35.9 Å². The molecule has 106 valence electrons. The molecule has 1 aliphatic rings. The molecular weight excluding hydrogens is 262 g/mol. The Morgan fingerprint density at radius 1 is 1.35 bits per heavy atom. The van der Waals surface area contributed by atoms with Crippen LogP contribution in [0.25, 0.3) is 0 Å². The topological polar surface area (TPSA) is 72.9 Å². The Bertz CT molecular complexity index is 528. The van der Waals surface area contributed by atoms with Crippen molar-refractivity contribution in [2.45, 2.75) is 13.0 Å². The second-order valence-corrected chi connectivity index (χ2v) is 4.46. The van der Waals surface area contributed by atoms with Crippen LogP contribution >= 0.6 is 0 Å². The fourth-order valence-corrected chi connectivity index (χ4v) is 2.07. The van der Waals surface area contributed by atoms with Gasteiger partial charge in [-0.25, -0.2) is 9.69 Å². The number of hydrogen-bond donors (Lipinski definition) is 0. The van der Waals surface area contributed by atoms with Crippen LogP contribution < -0.4 is 0 Å². The molecule has 2 amide bonds. The zero-order valence-corrected chi connectivity index (χ0v) is 11.2. The highest BCUT2D eigenvalue weighted by atomic mass is 16.6. The van der Waals surface area contributed by atoms with E-state index in [0.29, 0.717) is 0 Å². The maximum absolute atomic E-state index is 12.3. The van der Waals surface area contributed by atoms with Crippen LogP contribution in [0.4, 0.5) is 4.79 Å². The summed E-state index contributed by atoms with van der Waals surface area (Å²) < 4.78 is 9.46. The first-order valence-electron chi connectivity index (χ1n) is 6.19. The molecule has 2 atom stereocenters. The Morgan fingerprint density at radius 2 is 2.00 bits per heavy atom. The van der Waals surface area contributed by atoms with Crippen molar-refractivity contribution in [2.24, 2.45) is 5.92 Å². The largest absolute Gasteiger partial charge is 0.468 e. The zero-order valence-electron chi connectivity index (χ0n) is 11.2. The molecule has 1 fully saturated rings. The zero-order chi connectivity index (χ0) is 14.7. The maximum atomic E-state index is 12.3. The number of carbonyl (C=O) groups is 3. The molecule has 0 saturated carbocycles. The molecule has 6 nitrogen and oxygen atoms in total. The van der Waals surface area contributed by atoms with E-state index >= 15 is 0 Å². The normalized spacial score (nSPS) is 19.4. The van der Waals surface area contributed by atoms with E-state index in [1.165, 1.54) is 14.0 Å². The van der Waals surface area contributed by atoms with Gasteiger partial charge in [-0.15, -0.1) is 0 Å². The molecule has 1 aromatic carbocycles. The van der Waals surface area contributed by atoms with Gasteiger partial charge in [-0.2, -0.15) is 0 Å². The standard InChI is InChI=1S/C14H15NO5/c1-9(13(17)19-2)12(16)15-11(8-20-14(15)18)10-6-4-3-5-7-10/h3-7,9,11H,8H2,1-2H3/t9-,11+/m1/s1. The molecule has 1 aromatic rings. The SMILES string of the molecule is COC(=O)[C@H](C)C(=O)N1C(=O)OC[C@H]1c1ccccc1. The van der Waals surface area contributed by atoms with Crippen LogP contribution in [0.2, 0.25) is 0 Å². The minimum absolute atomic E-state index is 0.0858. The molecule has 0 aliphatic carbocycles. The number of ether oxygens (including phenoxy) is 2. The summed E-state index contributed by atoms with van der Waals surface area (Å²) in [6, 6.07) is 8.55. The molecular formula is C14H15NO5. The lowest BCUT2D eigenvalue weighted by Gasteiger charge is -2.22. The Labute approximate surface area is 116 Å².